The molecule has 0 saturated heterocycles. The molecule has 39 heavy (non-hydrogen) atoms. The number of carbonyl (C=O) groups excluding carboxylic acids is 2. The maximum atomic E-state index is 13.9. The number of amides is 2. The van der Waals surface area contributed by atoms with Gasteiger partial charge in [0.2, 0.25) is 11.8 Å². The molecule has 3 aromatic carbocycles. The van der Waals surface area contributed by atoms with Gasteiger partial charge in [0, 0.05) is 13.1 Å². The number of ether oxygens (including phenoxy) is 1. The van der Waals surface area contributed by atoms with Crippen LogP contribution in [0.15, 0.2) is 83.8 Å². The molecule has 0 aliphatic rings. The third kappa shape index (κ3) is 7.83. The normalized spacial score (nSPS) is 12.1. The van der Waals surface area contributed by atoms with Gasteiger partial charge in [0.1, 0.15) is 18.3 Å². The van der Waals surface area contributed by atoms with Gasteiger partial charge in [-0.2, -0.15) is 0 Å². The van der Waals surface area contributed by atoms with Crippen LogP contribution in [0.5, 0.6) is 5.75 Å². The molecular formula is C30H37N3O5S. The van der Waals surface area contributed by atoms with Gasteiger partial charge in [-0.15, -0.1) is 0 Å². The fourth-order valence-electron chi connectivity index (χ4n) is 3.96. The smallest absolute Gasteiger partial charge is 0.264 e. The van der Waals surface area contributed by atoms with E-state index in [0.29, 0.717) is 18.0 Å². The molecule has 0 radical (unpaired) electrons. The van der Waals surface area contributed by atoms with Crippen LogP contribution in [0.4, 0.5) is 5.69 Å². The van der Waals surface area contributed by atoms with Crippen LogP contribution in [0, 0.1) is 12.8 Å². The largest absolute Gasteiger partial charge is 0.497 e. The van der Waals surface area contributed by atoms with Crippen molar-refractivity contribution in [1.29, 1.82) is 0 Å². The van der Waals surface area contributed by atoms with E-state index in [2.05, 4.69) is 5.32 Å². The first-order valence-corrected chi connectivity index (χ1v) is 14.3. The second kappa shape index (κ2) is 13.3. The molecule has 0 spiro atoms. The summed E-state index contributed by atoms with van der Waals surface area (Å²) >= 11 is 0. The van der Waals surface area contributed by atoms with Crippen LogP contribution in [0.3, 0.4) is 0 Å². The van der Waals surface area contributed by atoms with Crippen molar-refractivity contribution >= 4 is 27.5 Å². The van der Waals surface area contributed by atoms with Gasteiger partial charge in [-0.3, -0.25) is 13.9 Å². The number of methoxy groups -OCH3 is 1. The molecule has 3 aromatic rings. The highest BCUT2D eigenvalue weighted by Gasteiger charge is 2.32. The van der Waals surface area contributed by atoms with Crippen molar-refractivity contribution in [3.63, 3.8) is 0 Å². The van der Waals surface area contributed by atoms with E-state index in [1.54, 1.807) is 74.7 Å². The summed E-state index contributed by atoms with van der Waals surface area (Å²) in [5.74, 6) is 0.0272. The fourth-order valence-corrected chi connectivity index (χ4v) is 5.40. The summed E-state index contributed by atoms with van der Waals surface area (Å²) in [4.78, 5) is 28.5. The Bertz CT molecular complexity index is 1360. The molecular weight excluding hydrogens is 514 g/mol. The maximum Gasteiger partial charge on any atom is 0.264 e. The first-order valence-electron chi connectivity index (χ1n) is 12.9. The van der Waals surface area contributed by atoms with E-state index in [-0.39, 0.29) is 23.3 Å². The van der Waals surface area contributed by atoms with Gasteiger partial charge in [-0.25, -0.2) is 8.42 Å². The Balaban J connectivity index is 2.00. The third-order valence-corrected chi connectivity index (χ3v) is 8.06. The molecule has 208 valence electrons. The number of anilines is 1. The molecule has 3 rings (SSSR count). The zero-order chi connectivity index (χ0) is 28.6. The van der Waals surface area contributed by atoms with Crippen LogP contribution in [0.2, 0.25) is 0 Å². The van der Waals surface area contributed by atoms with E-state index in [1.165, 1.54) is 17.0 Å². The molecule has 0 aliphatic heterocycles. The van der Waals surface area contributed by atoms with Crippen LogP contribution in [0.1, 0.15) is 31.9 Å². The lowest BCUT2D eigenvalue weighted by Gasteiger charge is -2.32. The van der Waals surface area contributed by atoms with E-state index in [1.807, 2.05) is 26.8 Å². The maximum absolute atomic E-state index is 13.9. The number of aryl methyl sites for hydroxylation is 1. The van der Waals surface area contributed by atoms with E-state index < -0.39 is 28.5 Å². The van der Waals surface area contributed by atoms with Crippen molar-refractivity contribution in [3.05, 3.63) is 90.0 Å². The number of benzene rings is 3. The van der Waals surface area contributed by atoms with Crippen LogP contribution >= 0.6 is 0 Å². The van der Waals surface area contributed by atoms with Gasteiger partial charge in [0.25, 0.3) is 10.0 Å². The molecule has 1 N–H and O–H groups in total. The van der Waals surface area contributed by atoms with Crippen molar-refractivity contribution in [1.82, 2.24) is 10.2 Å². The third-order valence-electron chi connectivity index (χ3n) is 6.27. The SMILES string of the molecule is COc1cccc(CN(C(=O)CN(c2ccc(C)cc2)S(=O)(=O)c2ccccc2)C(C)C(=O)NCC(C)C)c1. The minimum absolute atomic E-state index is 0.0699. The van der Waals surface area contributed by atoms with Gasteiger partial charge < -0.3 is 15.0 Å². The quantitative estimate of drug-likeness (QED) is 0.360. The first-order chi connectivity index (χ1) is 18.5. The van der Waals surface area contributed by atoms with Gasteiger partial charge in [-0.1, -0.05) is 61.9 Å². The molecule has 8 nitrogen and oxygen atoms in total. The number of hydrogen-bond acceptors (Lipinski definition) is 5. The lowest BCUT2D eigenvalue weighted by Crippen LogP contribution is -2.51. The highest BCUT2D eigenvalue weighted by Crippen LogP contribution is 2.25. The van der Waals surface area contributed by atoms with Crippen molar-refractivity contribution in [2.45, 2.75) is 45.2 Å². The summed E-state index contributed by atoms with van der Waals surface area (Å²) < 4.78 is 33.9. The molecule has 2 amide bonds. The summed E-state index contributed by atoms with van der Waals surface area (Å²) in [6.45, 7) is 7.59. The summed E-state index contributed by atoms with van der Waals surface area (Å²) in [6.07, 6.45) is 0. The van der Waals surface area contributed by atoms with Crippen molar-refractivity contribution in [2.75, 3.05) is 24.5 Å². The number of carbonyl (C=O) groups is 2. The molecule has 0 heterocycles. The predicted octanol–water partition coefficient (Wildman–Crippen LogP) is 4.39. The second-order valence-electron chi connectivity index (χ2n) is 9.85. The average Bonchev–Trinajstić information content (AvgIpc) is 2.93. The van der Waals surface area contributed by atoms with Crippen LogP contribution < -0.4 is 14.4 Å². The topological polar surface area (TPSA) is 96.0 Å². The lowest BCUT2D eigenvalue weighted by atomic mass is 10.1. The highest BCUT2D eigenvalue weighted by atomic mass is 32.2. The van der Waals surface area contributed by atoms with Gasteiger partial charge in [0.05, 0.1) is 17.7 Å². The van der Waals surface area contributed by atoms with E-state index in [4.69, 9.17) is 4.74 Å². The molecule has 0 saturated carbocycles. The Labute approximate surface area is 231 Å². The summed E-state index contributed by atoms with van der Waals surface area (Å²) in [5.41, 5.74) is 2.06. The summed E-state index contributed by atoms with van der Waals surface area (Å²) in [6, 6.07) is 21.3. The van der Waals surface area contributed by atoms with Gasteiger partial charge in [0.15, 0.2) is 0 Å². The van der Waals surface area contributed by atoms with Crippen molar-refractivity contribution < 1.29 is 22.7 Å². The number of sulfonamides is 1. The van der Waals surface area contributed by atoms with Crippen LogP contribution in [-0.4, -0.2) is 51.4 Å². The van der Waals surface area contributed by atoms with E-state index >= 15 is 0 Å². The average molecular weight is 552 g/mol. The molecule has 0 aromatic heterocycles. The second-order valence-corrected chi connectivity index (χ2v) is 11.7. The Morgan fingerprint density at radius 1 is 0.923 bits per heavy atom. The minimum Gasteiger partial charge on any atom is -0.497 e. The van der Waals surface area contributed by atoms with E-state index in [9.17, 15) is 18.0 Å². The van der Waals surface area contributed by atoms with Crippen molar-refractivity contribution in [3.8, 4) is 5.75 Å². The van der Waals surface area contributed by atoms with Crippen LogP contribution in [-0.2, 0) is 26.2 Å². The first kappa shape index (κ1) is 29.7. The molecule has 0 aliphatic carbocycles. The lowest BCUT2D eigenvalue weighted by molar-refractivity contribution is -0.139. The van der Waals surface area contributed by atoms with Gasteiger partial charge >= 0.3 is 0 Å². The monoisotopic (exact) mass is 551 g/mol. The Morgan fingerprint density at radius 3 is 2.21 bits per heavy atom. The number of nitrogens with one attached hydrogen (secondary N) is 1. The molecule has 1 unspecified atom stereocenters. The van der Waals surface area contributed by atoms with Crippen LogP contribution in [0.25, 0.3) is 0 Å². The molecule has 0 bridgehead atoms. The number of hydrogen-bond donors (Lipinski definition) is 1. The number of rotatable bonds is 12. The predicted molar refractivity (Wildman–Crippen MR) is 153 cm³/mol. The molecule has 0 fully saturated rings. The zero-order valence-corrected chi connectivity index (χ0v) is 23.9. The summed E-state index contributed by atoms with van der Waals surface area (Å²) in [7, 11) is -2.53. The standard InChI is InChI=1S/C30H37N3O5S/c1-22(2)19-31-30(35)24(4)32(20-25-10-9-11-27(18-25)38-5)29(34)21-33(26-16-14-23(3)15-17-26)39(36,37)28-12-7-6-8-13-28/h6-18,22,24H,19-21H2,1-5H3,(H,31,35). The fraction of sp³-hybridized carbons (Fsp3) is 0.333. The highest BCUT2D eigenvalue weighted by molar-refractivity contribution is 7.92. The molecule has 9 heteroatoms. The minimum atomic E-state index is -4.08. The van der Waals surface area contributed by atoms with Gasteiger partial charge in [-0.05, 0) is 61.7 Å². The number of nitrogens with zero attached hydrogens (tertiary/aromatic N) is 2. The summed E-state index contributed by atoms with van der Waals surface area (Å²) in [5, 5.41) is 2.88. The Morgan fingerprint density at radius 2 is 1.59 bits per heavy atom. The Hall–Kier alpha value is -3.85. The Kier molecular flexibility index (Phi) is 10.1. The van der Waals surface area contributed by atoms with E-state index in [0.717, 1.165) is 15.4 Å². The molecule has 1 atom stereocenters. The zero-order valence-electron chi connectivity index (χ0n) is 23.1. The van der Waals surface area contributed by atoms with Crippen molar-refractivity contribution in [2.24, 2.45) is 5.92 Å².